The molecule has 1 amide bonds. The van der Waals surface area contributed by atoms with Gasteiger partial charge < -0.3 is 14.7 Å². The fourth-order valence-electron chi connectivity index (χ4n) is 5.36. The summed E-state index contributed by atoms with van der Waals surface area (Å²) < 4.78 is 3.08. The van der Waals surface area contributed by atoms with Gasteiger partial charge in [0.15, 0.2) is 0 Å². The molecule has 0 aromatic carbocycles. The molecular weight excluding hydrogens is 458 g/mol. The lowest BCUT2D eigenvalue weighted by Gasteiger charge is -2.34. The quantitative estimate of drug-likeness (QED) is 0.584. The Morgan fingerprint density at radius 3 is 2.97 bits per heavy atom. The van der Waals surface area contributed by atoms with Crippen LogP contribution in [0.4, 0.5) is 0 Å². The van der Waals surface area contributed by atoms with Gasteiger partial charge in [0.2, 0.25) is 5.91 Å². The summed E-state index contributed by atoms with van der Waals surface area (Å²) >= 11 is 3.54. The maximum Gasteiger partial charge on any atom is 0.253 e. The number of aromatic amines is 1. The molecule has 162 valence electrons. The molecule has 2 aliphatic rings. The molecule has 2 fully saturated rings. The Hall–Kier alpha value is -2.45. The number of likely N-dealkylation sites (tertiary alicyclic amines) is 1. The van der Waals surface area contributed by atoms with Gasteiger partial charge in [0.1, 0.15) is 5.65 Å². The largest absolute Gasteiger partial charge is 0.350 e. The topological polar surface area (TPSA) is 82.5 Å². The van der Waals surface area contributed by atoms with Gasteiger partial charge in [-0.15, -0.1) is 0 Å². The number of carbonyl (C=O) groups is 1. The number of pyridine rings is 2. The van der Waals surface area contributed by atoms with Crippen LogP contribution in [0.5, 0.6) is 0 Å². The molecule has 0 unspecified atom stereocenters. The predicted molar refractivity (Wildman–Crippen MR) is 122 cm³/mol. The molecule has 8 heteroatoms. The van der Waals surface area contributed by atoms with Gasteiger partial charge in [-0.3, -0.25) is 14.5 Å². The number of carbonyl (C=O) groups excluding carboxylic acids is 1. The number of amides is 1. The highest BCUT2D eigenvalue weighted by Crippen LogP contribution is 2.43. The van der Waals surface area contributed by atoms with Gasteiger partial charge in [0, 0.05) is 41.1 Å². The number of aromatic nitrogens is 3. The molecule has 3 aromatic rings. The average Bonchev–Trinajstić information content (AvgIpc) is 3.42. The summed E-state index contributed by atoms with van der Waals surface area (Å²) in [6.45, 7) is 4.71. The molecule has 1 saturated carbocycles. The molecule has 1 saturated heterocycles. The van der Waals surface area contributed by atoms with Crippen molar-refractivity contribution in [3.8, 4) is 0 Å². The third-order valence-corrected chi connectivity index (χ3v) is 7.28. The number of hydrogen-bond donors (Lipinski definition) is 2. The van der Waals surface area contributed by atoms with Gasteiger partial charge in [-0.2, -0.15) is 0 Å². The number of H-pyrrole nitrogens is 1. The van der Waals surface area contributed by atoms with Crippen LogP contribution in [0.3, 0.4) is 0 Å². The highest BCUT2D eigenvalue weighted by Gasteiger charge is 2.49. The van der Waals surface area contributed by atoms with E-state index >= 15 is 0 Å². The molecule has 3 atom stereocenters. The van der Waals surface area contributed by atoms with Crippen molar-refractivity contribution in [2.24, 2.45) is 5.92 Å². The zero-order chi connectivity index (χ0) is 21.7. The smallest absolute Gasteiger partial charge is 0.253 e. The van der Waals surface area contributed by atoms with Crippen LogP contribution >= 0.6 is 15.9 Å². The monoisotopic (exact) mass is 483 g/mol. The number of imidazole rings is 1. The molecule has 1 aliphatic heterocycles. The Kier molecular flexibility index (Phi) is 5.22. The molecule has 0 radical (unpaired) electrons. The standard InChI is InChI=1S/C23H26BrN5O2/c1-13-7-14(2)27-22(30)19(13)10-26-23(31)21-15-3-5-17(8-15)29(21)12-18-9-25-20-6-4-16(24)11-28(18)20/h4,6-7,9,11,15,17,21H,3,5,8,10,12H2,1-2H3,(H,26,31)(H,27,30)/t15-,17+,21-/m0/s1. The van der Waals surface area contributed by atoms with Crippen LogP contribution in [0.25, 0.3) is 5.65 Å². The zero-order valence-electron chi connectivity index (χ0n) is 17.7. The molecule has 5 rings (SSSR count). The van der Waals surface area contributed by atoms with E-state index in [1.807, 2.05) is 44.4 Å². The van der Waals surface area contributed by atoms with Gasteiger partial charge in [-0.25, -0.2) is 4.98 Å². The SMILES string of the molecule is Cc1cc(C)c(CNC(=O)[C@@H]2[C@H]3CC[C@H](C3)N2Cc2cnc3ccc(Br)cn23)c(=O)[nH]1. The lowest BCUT2D eigenvalue weighted by Crippen LogP contribution is -2.50. The van der Waals surface area contributed by atoms with Gasteiger partial charge in [0.05, 0.1) is 17.9 Å². The van der Waals surface area contributed by atoms with Gasteiger partial charge in [0.25, 0.3) is 5.56 Å². The second kappa shape index (κ2) is 7.91. The minimum atomic E-state index is -0.165. The van der Waals surface area contributed by atoms with Crippen LogP contribution in [-0.2, 0) is 17.9 Å². The number of aryl methyl sites for hydroxylation is 2. The highest BCUT2D eigenvalue weighted by molar-refractivity contribution is 9.10. The Balaban J connectivity index is 1.36. The predicted octanol–water partition coefficient (Wildman–Crippen LogP) is 3.07. The molecule has 0 spiro atoms. The van der Waals surface area contributed by atoms with Crippen LogP contribution in [0, 0.1) is 19.8 Å². The van der Waals surface area contributed by atoms with Crippen molar-refractivity contribution in [3.63, 3.8) is 0 Å². The van der Waals surface area contributed by atoms with Crippen LogP contribution in [0.15, 0.2) is 39.9 Å². The lowest BCUT2D eigenvalue weighted by molar-refractivity contribution is -0.128. The van der Waals surface area contributed by atoms with Crippen molar-refractivity contribution < 1.29 is 4.79 Å². The van der Waals surface area contributed by atoms with E-state index in [0.717, 1.165) is 46.3 Å². The minimum absolute atomic E-state index is 0.0153. The number of piperidine rings is 1. The number of fused-ring (bicyclic) bond motifs is 3. The summed E-state index contributed by atoms with van der Waals surface area (Å²) in [6.07, 6.45) is 7.20. The second-order valence-corrected chi connectivity index (χ2v) is 9.75. The van der Waals surface area contributed by atoms with Crippen LogP contribution in [0.1, 0.15) is 41.8 Å². The normalized spacial score (nSPS) is 23.0. The maximum absolute atomic E-state index is 13.3. The number of hydrogen-bond acceptors (Lipinski definition) is 4. The summed E-state index contributed by atoms with van der Waals surface area (Å²) in [5.41, 5.74) is 4.21. The Morgan fingerprint density at radius 1 is 1.32 bits per heavy atom. The van der Waals surface area contributed by atoms with Crippen molar-refractivity contribution in [1.82, 2.24) is 24.6 Å². The molecule has 4 heterocycles. The lowest BCUT2D eigenvalue weighted by atomic mass is 9.97. The Bertz CT molecular complexity index is 1220. The Labute approximate surface area is 189 Å². The minimum Gasteiger partial charge on any atom is -0.350 e. The molecule has 3 aromatic heterocycles. The highest BCUT2D eigenvalue weighted by atomic mass is 79.9. The first kappa shape index (κ1) is 20.5. The molecule has 2 N–H and O–H groups in total. The molecule has 1 aliphatic carbocycles. The fourth-order valence-corrected chi connectivity index (χ4v) is 5.70. The first-order chi connectivity index (χ1) is 14.9. The first-order valence-corrected chi connectivity index (χ1v) is 11.5. The van der Waals surface area contributed by atoms with E-state index in [-0.39, 0.29) is 24.1 Å². The van der Waals surface area contributed by atoms with Crippen LogP contribution in [-0.4, -0.2) is 37.3 Å². The number of nitrogens with one attached hydrogen (secondary N) is 2. The third kappa shape index (κ3) is 3.72. The van der Waals surface area contributed by atoms with Gasteiger partial charge in [-0.05, 0) is 78.7 Å². The summed E-state index contributed by atoms with van der Waals surface area (Å²) in [5, 5.41) is 3.05. The molecule has 7 nitrogen and oxygen atoms in total. The van der Waals surface area contributed by atoms with E-state index in [0.29, 0.717) is 24.1 Å². The third-order valence-electron chi connectivity index (χ3n) is 6.81. The van der Waals surface area contributed by atoms with Gasteiger partial charge >= 0.3 is 0 Å². The zero-order valence-corrected chi connectivity index (χ0v) is 19.3. The van der Waals surface area contributed by atoms with Crippen LogP contribution in [0.2, 0.25) is 0 Å². The van der Waals surface area contributed by atoms with Crippen molar-refractivity contribution >= 4 is 27.5 Å². The van der Waals surface area contributed by atoms with Gasteiger partial charge in [-0.1, -0.05) is 0 Å². The van der Waals surface area contributed by atoms with Crippen molar-refractivity contribution in [3.05, 3.63) is 67.9 Å². The summed E-state index contributed by atoms with van der Waals surface area (Å²) in [4.78, 5) is 35.3. The fraction of sp³-hybridized carbons (Fsp3) is 0.435. The van der Waals surface area contributed by atoms with E-state index in [4.69, 9.17) is 0 Å². The summed E-state index contributed by atoms with van der Waals surface area (Å²) in [7, 11) is 0. The summed E-state index contributed by atoms with van der Waals surface area (Å²) in [6, 6.07) is 6.16. The number of rotatable bonds is 5. The van der Waals surface area contributed by atoms with E-state index in [9.17, 15) is 9.59 Å². The number of halogens is 1. The maximum atomic E-state index is 13.3. The van der Waals surface area contributed by atoms with E-state index in [2.05, 4.69) is 40.5 Å². The van der Waals surface area contributed by atoms with E-state index < -0.39 is 0 Å². The van der Waals surface area contributed by atoms with E-state index in [1.54, 1.807) is 0 Å². The van der Waals surface area contributed by atoms with Crippen molar-refractivity contribution in [2.45, 2.75) is 58.3 Å². The van der Waals surface area contributed by atoms with Crippen LogP contribution < -0.4 is 10.9 Å². The first-order valence-electron chi connectivity index (χ1n) is 10.7. The molecular formula is C23H26BrN5O2. The Morgan fingerprint density at radius 2 is 2.16 bits per heavy atom. The van der Waals surface area contributed by atoms with E-state index in [1.165, 1.54) is 0 Å². The summed E-state index contributed by atoms with van der Waals surface area (Å²) in [5.74, 6) is 0.384. The number of nitrogens with zero attached hydrogens (tertiary/aromatic N) is 3. The molecule has 2 bridgehead atoms. The molecule has 31 heavy (non-hydrogen) atoms. The average molecular weight is 484 g/mol. The second-order valence-electron chi connectivity index (χ2n) is 8.83. The van der Waals surface area contributed by atoms with Crippen molar-refractivity contribution in [2.75, 3.05) is 0 Å². The van der Waals surface area contributed by atoms with Crippen molar-refractivity contribution in [1.29, 1.82) is 0 Å².